The fourth-order valence-electron chi connectivity index (χ4n) is 1.86. The average molecular weight is 273 g/mol. The topological polar surface area (TPSA) is 77.9 Å². The Labute approximate surface area is 114 Å². The normalized spacial score (nSPS) is 12.2. The average Bonchev–Trinajstić information content (AvgIpc) is 2.92. The molecule has 0 atom stereocenters. The Hall–Kier alpha value is -2.76. The fraction of sp³-hybridized carbons (Fsp3) is 0.143. The smallest absolute Gasteiger partial charge is 0.341 e. The van der Waals surface area contributed by atoms with Gasteiger partial charge in [-0.15, -0.1) is 0 Å². The summed E-state index contributed by atoms with van der Waals surface area (Å²) < 4.78 is 16.0. The molecule has 0 radical (unpaired) electrons. The summed E-state index contributed by atoms with van der Waals surface area (Å²) in [5, 5.41) is 9.03. The molecule has 0 saturated carbocycles. The van der Waals surface area contributed by atoms with Gasteiger partial charge in [0.25, 0.3) is 0 Å². The molecule has 0 saturated heterocycles. The molecule has 1 aromatic heterocycles. The van der Waals surface area contributed by atoms with Gasteiger partial charge in [0.05, 0.1) is 0 Å². The molecule has 0 spiro atoms. The minimum atomic E-state index is -1.07. The van der Waals surface area contributed by atoms with Crippen molar-refractivity contribution in [2.75, 3.05) is 6.79 Å². The van der Waals surface area contributed by atoms with Crippen molar-refractivity contribution in [3.63, 3.8) is 0 Å². The van der Waals surface area contributed by atoms with E-state index < -0.39 is 5.97 Å². The minimum absolute atomic E-state index is 0.0354. The number of ether oxygens (including phenoxy) is 3. The van der Waals surface area contributed by atoms with Crippen LogP contribution in [0.5, 0.6) is 17.2 Å². The van der Waals surface area contributed by atoms with Crippen molar-refractivity contribution in [3.8, 4) is 17.2 Å². The Kier molecular flexibility index (Phi) is 3.12. The van der Waals surface area contributed by atoms with Gasteiger partial charge in [-0.1, -0.05) is 6.07 Å². The molecule has 2 heterocycles. The van der Waals surface area contributed by atoms with Gasteiger partial charge in [0.2, 0.25) is 6.79 Å². The molecule has 1 aliphatic heterocycles. The van der Waals surface area contributed by atoms with Gasteiger partial charge in [-0.25, -0.2) is 4.79 Å². The first kappa shape index (κ1) is 12.3. The fourth-order valence-corrected chi connectivity index (χ4v) is 1.86. The number of pyridine rings is 1. The highest BCUT2D eigenvalue weighted by molar-refractivity contribution is 5.90. The lowest BCUT2D eigenvalue weighted by Gasteiger charge is -2.09. The maximum absolute atomic E-state index is 11.0. The predicted molar refractivity (Wildman–Crippen MR) is 68.1 cm³/mol. The van der Waals surface area contributed by atoms with E-state index in [9.17, 15) is 4.79 Å². The second kappa shape index (κ2) is 5.08. The Bertz CT molecular complexity index is 656. The van der Waals surface area contributed by atoms with Gasteiger partial charge in [0.1, 0.15) is 17.9 Å². The summed E-state index contributed by atoms with van der Waals surface area (Å²) in [5.74, 6) is 0.576. The van der Waals surface area contributed by atoms with E-state index in [0.29, 0.717) is 11.5 Å². The highest BCUT2D eigenvalue weighted by Crippen LogP contribution is 2.32. The molecule has 20 heavy (non-hydrogen) atoms. The summed E-state index contributed by atoms with van der Waals surface area (Å²) in [6.07, 6.45) is 2.75. The maximum atomic E-state index is 11.0. The van der Waals surface area contributed by atoms with Crippen LogP contribution in [0.1, 0.15) is 15.9 Å². The number of carboxylic acids is 1. The van der Waals surface area contributed by atoms with Gasteiger partial charge in [-0.3, -0.25) is 4.98 Å². The monoisotopic (exact) mass is 273 g/mol. The van der Waals surface area contributed by atoms with E-state index in [1.807, 2.05) is 12.1 Å². The standard InChI is InChI=1S/C14H11NO5/c16-14(17)10-6-15-4-3-11(10)18-7-9-1-2-12-13(5-9)20-8-19-12/h1-6H,7-8H2,(H,16,17). The lowest BCUT2D eigenvalue weighted by molar-refractivity contribution is 0.0691. The number of benzene rings is 1. The van der Waals surface area contributed by atoms with E-state index in [0.717, 1.165) is 5.56 Å². The summed E-state index contributed by atoms with van der Waals surface area (Å²) in [7, 11) is 0. The molecule has 3 rings (SSSR count). The lowest BCUT2D eigenvalue weighted by Crippen LogP contribution is -2.03. The first-order chi connectivity index (χ1) is 9.74. The van der Waals surface area contributed by atoms with Crippen LogP contribution in [-0.4, -0.2) is 22.9 Å². The molecule has 6 nitrogen and oxygen atoms in total. The van der Waals surface area contributed by atoms with Crippen LogP contribution in [0, 0.1) is 0 Å². The van der Waals surface area contributed by atoms with Crippen LogP contribution < -0.4 is 14.2 Å². The van der Waals surface area contributed by atoms with Crippen molar-refractivity contribution in [2.45, 2.75) is 6.61 Å². The summed E-state index contributed by atoms with van der Waals surface area (Å²) in [5.41, 5.74) is 0.899. The van der Waals surface area contributed by atoms with E-state index >= 15 is 0 Å². The number of aromatic carboxylic acids is 1. The van der Waals surface area contributed by atoms with E-state index in [2.05, 4.69) is 4.98 Å². The zero-order valence-electron chi connectivity index (χ0n) is 10.4. The number of nitrogens with zero attached hydrogens (tertiary/aromatic N) is 1. The van der Waals surface area contributed by atoms with Crippen LogP contribution in [0.15, 0.2) is 36.7 Å². The summed E-state index contributed by atoms with van der Waals surface area (Å²) in [6.45, 7) is 0.452. The SMILES string of the molecule is O=C(O)c1cnccc1OCc1ccc2c(c1)OCO2. The quantitative estimate of drug-likeness (QED) is 0.919. The molecular weight excluding hydrogens is 262 g/mol. The molecular formula is C14H11NO5. The van der Waals surface area contributed by atoms with E-state index in [1.165, 1.54) is 18.5 Å². The third kappa shape index (κ3) is 2.35. The summed E-state index contributed by atoms with van der Waals surface area (Å²) in [4.78, 5) is 14.8. The van der Waals surface area contributed by atoms with Crippen molar-refractivity contribution in [1.29, 1.82) is 0 Å². The molecule has 1 aromatic carbocycles. The molecule has 0 unspecified atom stereocenters. The number of fused-ring (bicyclic) bond motifs is 1. The van der Waals surface area contributed by atoms with Crippen LogP contribution in [0.4, 0.5) is 0 Å². The first-order valence-electron chi connectivity index (χ1n) is 5.92. The number of hydrogen-bond acceptors (Lipinski definition) is 5. The second-order valence-electron chi connectivity index (χ2n) is 4.15. The van der Waals surface area contributed by atoms with Crippen molar-refractivity contribution in [3.05, 3.63) is 47.8 Å². The highest BCUT2D eigenvalue weighted by Gasteiger charge is 2.14. The van der Waals surface area contributed by atoms with Gasteiger partial charge in [0, 0.05) is 12.4 Å². The molecule has 0 amide bonds. The Morgan fingerprint density at radius 1 is 1.30 bits per heavy atom. The van der Waals surface area contributed by atoms with Crippen molar-refractivity contribution in [2.24, 2.45) is 0 Å². The summed E-state index contributed by atoms with van der Waals surface area (Å²) >= 11 is 0. The minimum Gasteiger partial charge on any atom is -0.488 e. The van der Waals surface area contributed by atoms with Crippen LogP contribution in [0.3, 0.4) is 0 Å². The molecule has 102 valence electrons. The molecule has 0 fully saturated rings. The molecule has 1 N–H and O–H groups in total. The van der Waals surface area contributed by atoms with Crippen LogP contribution >= 0.6 is 0 Å². The van der Waals surface area contributed by atoms with Crippen LogP contribution in [0.25, 0.3) is 0 Å². The molecule has 2 aromatic rings. The number of rotatable bonds is 4. The number of aromatic nitrogens is 1. The van der Waals surface area contributed by atoms with E-state index in [1.54, 1.807) is 6.07 Å². The number of carbonyl (C=O) groups is 1. The summed E-state index contributed by atoms with van der Waals surface area (Å²) in [6, 6.07) is 6.97. The van der Waals surface area contributed by atoms with Gasteiger partial charge in [-0.05, 0) is 23.8 Å². The van der Waals surface area contributed by atoms with Gasteiger partial charge < -0.3 is 19.3 Å². The van der Waals surface area contributed by atoms with Crippen LogP contribution in [0.2, 0.25) is 0 Å². The van der Waals surface area contributed by atoms with E-state index in [4.69, 9.17) is 19.3 Å². The third-order valence-corrected chi connectivity index (χ3v) is 2.84. The first-order valence-corrected chi connectivity index (χ1v) is 5.92. The molecule has 1 aliphatic rings. The van der Waals surface area contributed by atoms with Crippen LogP contribution in [-0.2, 0) is 6.61 Å². The zero-order valence-corrected chi connectivity index (χ0v) is 10.4. The predicted octanol–water partition coefficient (Wildman–Crippen LogP) is 2.09. The Morgan fingerprint density at radius 3 is 3.00 bits per heavy atom. The van der Waals surface area contributed by atoms with E-state index in [-0.39, 0.29) is 24.7 Å². The van der Waals surface area contributed by atoms with Gasteiger partial charge >= 0.3 is 5.97 Å². The molecule has 0 aliphatic carbocycles. The molecule has 6 heteroatoms. The number of hydrogen-bond donors (Lipinski definition) is 1. The van der Waals surface area contributed by atoms with Gasteiger partial charge in [-0.2, -0.15) is 0 Å². The third-order valence-electron chi connectivity index (χ3n) is 2.84. The van der Waals surface area contributed by atoms with Crippen molar-refractivity contribution >= 4 is 5.97 Å². The van der Waals surface area contributed by atoms with Crippen molar-refractivity contribution < 1.29 is 24.1 Å². The Morgan fingerprint density at radius 2 is 2.15 bits per heavy atom. The Balaban J connectivity index is 1.75. The largest absolute Gasteiger partial charge is 0.488 e. The highest BCUT2D eigenvalue weighted by atomic mass is 16.7. The number of carboxylic acid groups (broad SMARTS) is 1. The molecule has 0 bridgehead atoms. The maximum Gasteiger partial charge on any atom is 0.341 e. The van der Waals surface area contributed by atoms with Gasteiger partial charge in [0.15, 0.2) is 11.5 Å². The van der Waals surface area contributed by atoms with Crippen molar-refractivity contribution in [1.82, 2.24) is 4.98 Å². The second-order valence-corrected chi connectivity index (χ2v) is 4.15. The lowest BCUT2D eigenvalue weighted by atomic mass is 10.2. The zero-order chi connectivity index (χ0) is 13.9.